The van der Waals surface area contributed by atoms with Gasteiger partial charge in [-0.25, -0.2) is 9.78 Å². The van der Waals surface area contributed by atoms with Crippen molar-refractivity contribution in [2.75, 3.05) is 18.4 Å². The number of nitrogens with zero attached hydrogens (tertiary/aromatic N) is 3. The molecule has 0 saturated carbocycles. The molecule has 0 saturated heterocycles. The number of nitrogens with two attached hydrogens (primary N) is 1. The van der Waals surface area contributed by atoms with E-state index in [1.165, 1.54) is 0 Å². The molecule has 24 heavy (non-hydrogen) atoms. The molecule has 7 heteroatoms. The van der Waals surface area contributed by atoms with Crippen molar-refractivity contribution < 1.29 is 0 Å². The van der Waals surface area contributed by atoms with Crippen molar-refractivity contribution in [3.05, 3.63) is 52.6 Å². The highest BCUT2D eigenvalue weighted by atomic mass is 16.1. The van der Waals surface area contributed by atoms with Gasteiger partial charge in [-0.1, -0.05) is 30.3 Å². The fourth-order valence-corrected chi connectivity index (χ4v) is 2.78. The largest absolute Gasteiger partial charge is 0.354 e. The third-order valence-electron chi connectivity index (χ3n) is 4.13. The number of H-pyrrole nitrogens is 1. The fourth-order valence-electron chi connectivity index (χ4n) is 2.78. The molecule has 0 aliphatic carbocycles. The van der Waals surface area contributed by atoms with Gasteiger partial charge in [0.2, 0.25) is 5.95 Å². The molecule has 2 aromatic heterocycles. The first kappa shape index (κ1) is 16.2. The number of aromatic nitrogens is 4. The average molecular weight is 326 g/mol. The first-order chi connectivity index (χ1) is 11.5. The summed E-state index contributed by atoms with van der Waals surface area (Å²) in [5.74, 6) is 0.493. The summed E-state index contributed by atoms with van der Waals surface area (Å²) >= 11 is 0. The molecule has 0 atom stereocenters. The van der Waals surface area contributed by atoms with Crippen LogP contribution < -0.4 is 16.7 Å². The zero-order chi connectivity index (χ0) is 17.2. The Balaban J connectivity index is 2.08. The molecule has 0 bridgehead atoms. The molecule has 0 aliphatic heterocycles. The molecule has 0 fully saturated rings. The number of rotatable bonds is 6. The van der Waals surface area contributed by atoms with Gasteiger partial charge in [-0.15, -0.1) is 0 Å². The number of hydrogen-bond donors (Lipinski definition) is 3. The maximum absolute atomic E-state index is 12.5. The fraction of sp³-hybridized carbons (Fsp3) is 0.353. The molecule has 0 unspecified atom stereocenters. The van der Waals surface area contributed by atoms with Crippen LogP contribution in [0, 0.1) is 0 Å². The van der Waals surface area contributed by atoms with E-state index in [9.17, 15) is 4.79 Å². The summed E-state index contributed by atoms with van der Waals surface area (Å²) in [6.45, 7) is 5.30. The van der Waals surface area contributed by atoms with E-state index in [0.717, 1.165) is 12.0 Å². The van der Waals surface area contributed by atoms with Crippen molar-refractivity contribution in [1.29, 1.82) is 0 Å². The van der Waals surface area contributed by atoms with E-state index in [0.29, 0.717) is 30.2 Å². The third-order valence-corrected chi connectivity index (χ3v) is 4.13. The second-order valence-corrected chi connectivity index (χ2v) is 6.19. The zero-order valence-corrected chi connectivity index (χ0v) is 13.9. The summed E-state index contributed by atoms with van der Waals surface area (Å²) < 4.78 is 1.67. The number of benzene rings is 1. The van der Waals surface area contributed by atoms with Crippen LogP contribution in [0.15, 0.2) is 41.3 Å². The number of anilines is 1. The molecule has 0 amide bonds. The highest BCUT2D eigenvalue weighted by Gasteiger charge is 2.27. The van der Waals surface area contributed by atoms with Crippen LogP contribution in [0.3, 0.4) is 0 Å². The Bertz CT molecular complexity index is 881. The predicted molar refractivity (Wildman–Crippen MR) is 95.2 cm³/mol. The lowest BCUT2D eigenvalue weighted by Crippen LogP contribution is -2.36. The number of imidazole rings is 1. The van der Waals surface area contributed by atoms with Gasteiger partial charge in [0.1, 0.15) is 5.52 Å². The topological polar surface area (TPSA) is 102 Å². The van der Waals surface area contributed by atoms with Gasteiger partial charge in [-0.05, 0) is 32.4 Å². The summed E-state index contributed by atoms with van der Waals surface area (Å²) in [4.78, 5) is 24.1. The molecule has 126 valence electrons. The van der Waals surface area contributed by atoms with E-state index >= 15 is 0 Å². The third kappa shape index (κ3) is 2.90. The molecule has 4 N–H and O–H groups in total. The van der Waals surface area contributed by atoms with E-state index < -0.39 is 5.54 Å². The van der Waals surface area contributed by atoms with Crippen molar-refractivity contribution >= 4 is 17.1 Å². The molecular weight excluding hydrogens is 304 g/mol. The van der Waals surface area contributed by atoms with Gasteiger partial charge >= 0.3 is 5.69 Å². The molecule has 0 radical (unpaired) electrons. The monoisotopic (exact) mass is 326 g/mol. The number of hydrogen-bond acceptors (Lipinski definition) is 5. The normalized spacial score (nSPS) is 11.8. The Kier molecular flexibility index (Phi) is 4.35. The Morgan fingerprint density at radius 1 is 1.29 bits per heavy atom. The standard InChI is InChI=1S/C17H22N6O/c1-17(2,12-7-4-3-5-8-12)23-14-13(21-16(23)24)11-20-15(22-14)19-10-6-9-18/h3-5,7-8,11H,6,9-10,18H2,1-2H3,(H,21,24)(H,19,20,22). The Labute approximate surface area is 139 Å². The minimum atomic E-state index is -0.542. The van der Waals surface area contributed by atoms with Crippen molar-refractivity contribution in [3.8, 4) is 0 Å². The van der Waals surface area contributed by atoms with Crippen LogP contribution >= 0.6 is 0 Å². The van der Waals surface area contributed by atoms with E-state index in [-0.39, 0.29) is 5.69 Å². The summed E-state index contributed by atoms with van der Waals surface area (Å²) in [6, 6.07) is 9.90. The van der Waals surface area contributed by atoms with Crippen molar-refractivity contribution in [2.24, 2.45) is 5.73 Å². The second kappa shape index (κ2) is 6.45. The quantitative estimate of drug-likeness (QED) is 0.598. The lowest BCUT2D eigenvalue weighted by molar-refractivity contribution is 0.433. The smallest absolute Gasteiger partial charge is 0.328 e. The van der Waals surface area contributed by atoms with Crippen molar-refractivity contribution in [3.63, 3.8) is 0 Å². The van der Waals surface area contributed by atoms with Gasteiger partial charge in [-0.3, -0.25) is 4.57 Å². The Morgan fingerprint density at radius 3 is 2.75 bits per heavy atom. The highest BCUT2D eigenvalue weighted by molar-refractivity contribution is 5.71. The average Bonchev–Trinajstić information content (AvgIpc) is 2.91. The first-order valence-electron chi connectivity index (χ1n) is 8.02. The van der Waals surface area contributed by atoms with Gasteiger partial charge in [-0.2, -0.15) is 4.98 Å². The van der Waals surface area contributed by atoms with E-state index in [2.05, 4.69) is 20.3 Å². The maximum atomic E-state index is 12.5. The minimum Gasteiger partial charge on any atom is -0.354 e. The van der Waals surface area contributed by atoms with Crippen LogP contribution in [0.5, 0.6) is 0 Å². The van der Waals surface area contributed by atoms with E-state index in [4.69, 9.17) is 5.73 Å². The summed E-state index contributed by atoms with van der Waals surface area (Å²) in [5.41, 5.74) is 6.99. The SMILES string of the molecule is CC(C)(c1ccccc1)n1c(=O)[nH]c2cnc(NCCCN)nc21. The van der Waals surface area contributed by atoms with Crippen LogP contribution in [0.25, 0.3) is 11.2 Å². The molecular formula is C17H22N6O. The van der Waals surface area contributed by atoms with Crippen molar-refractivity contribution in [1.82, 2.24) is 19.5 Å². The molecule has 2 heterocycles. The van der Waals surface area contributed by atoms with E-state index in [1.54, 1.807) is 10.8 Å². The minimum absolute atomic E-state index is 0.202. The highest BCUT2D eigenvalue weighted by Crippen LogP contribution is 2.26. The second-order valence-electron chi connectivity index (χ2n) is 6.19. The van der Waals surface area contributed by atoms with Crippen LogP contribution in [-0.2, 0) is 5.54 Å². The Morgan fingerprint density at radius 2 is 2.04 bits per heavy atom. The Hall–Kier alpha value is -2.67. The summed E-state index contributed by atoms with van der Waals surface area (Å²) in [5, 5.41) is 3.13. The molecule has 0 spiro atoms. The molecule has 7 nitrogen and oxygen atoms in total. The number of aromatic amines is 1. The van der Waals surface area contributed by atoms with Gasteiger partial charge in [0, 0.05) is 6.54 Å². The molecule has 0 aliphatic rings. The number of fused-ring (bicyclic) bond motifs is 1. The summed E-state index contributed by atoms with van der Waals surface area (Å²) in [7, 11) is 0. The number of nitrogens with one attached hydrogen (secondary N) is 2. The maximum Gasteiger partial charge on any atom is 0.328 e. The van der Waals surface area contributed by atoms with Crippen molar-refractivity contribution in [2.45, 2.75) is 25.8 Å². The van der Waals surface area contributed by atoms with Gasteiger partial charge < -0.3 is 16.0 Å². The van der Waals surface area contributed by atoms with E-state index in [1.807, 2.05) is 44.2 Å². The van der Waals surface area contributed by atoms with Crippen LogP contribution in [0.2, 0.25) is 0 Å². The molecule has 1 aromatic carbocycles. The zero-order valence-electron chi connectivity index (χ0n) is 13.9. The first-order valence-corrected chi connectivity index (χ1v) is 8.02. The van der Waals surface area contributed by atoms with Crippen LogP contribution in [0.4, 0.5) is 5.95 Å². The molecule has 3 aromatic rings. The summed E-state index contributed by atoms with van der Waals surface area (Å²) in [6.07, 6.45) is 2.46. The molecule has 3 rings (SSSR count). The van der Waals surface area contributed by atoms with Gasteiger partial charge in [0.25, 0.3) is 0 Å². The lowest BCUT2D eigenvalue weighted by Gasteiger charge is -2.26. The van der Waals surface area contributed by atoms with Crippen LogP contribution in [0.1, 0.15) is 25.8 Å². The van der Waals surface area contributed by atoms with Crippen LogP contribution in [-0.4, -0.2) is 32.6 Å². The predicted octanol–water partition coefficient (Wildman–Crippen LogP) is 1.66. The van der Waals surface area contributed by atoms with Gasteiger partial charge in [0.05, 0.1) is 11.7 Å². The van der Waals surface area contributed by atoms with Gasteiger partial charge in [0.15, 0.2) is 5.65 Å². The lowest BCUT2D eigenvalue weighted by atomic mass is 9.94.